The lowest BCUT2D eigenvalue weighted by Crippen LogP contribution is -2.42. The summed E-state index contributed by atoms with van der Waals surface area (Å²) in [5, 5.41) is 21.9. The Hall–Kier alpha value is -1.10. The van der Waals surface area contributed by atoms with Gasteiger partial charge in [-0.2, -0.15) is 0 Å². The van der Waals surface area contributed by atoms with Gasteiger partial charge in [0.15, 0.2) is 0 Å². The van der Waals surface area contributed by atoms with E-state index in [9.17, 15) is 5.11 Å². The molecule has 4 nitrogen and oxygen atoms in total. The number of benzene rings is 1. The molecule has 1 unspecified atom stereocenters. The van der Waals surface area contributed by atoms with Crippen molar-refractivity contribution in [2.75, 3.05) is 13.2 Å². The third-order valence-corrected chi connectivity index (χ3v) is 2.42. The topological polar surface area (TPSA) is 61.7 Å². The predicted octanol–water partition coefficient (Wildman–Crippen LogP) is 1.31. The maximum atomic E-state index is 9.75. The molecule has 0 saturated carbocycles. The van der Waals surface area contributed by atoms with Crippen molar-refractivity contribution >= 4 is 0 Å². The van der Waals surface area contributed by atoms with Crippen molar-refractivity contribution in [2.24, 2.45) is 0 Å². The molecule has 1 rings (SSSR count). The van der Waals surface area contributed by atoms with Gasteiger partial charge in [0.1, 0.15) is 18.5 Å². The molecule has 1 aromatic carbocycles. The minimum atomic E-state index is -0.540. The first-order valence-corrected chi connectivity index (χ1v) is 6.16. The first-order chi connectivity index (χ1) is 8.40. The quantitative estimate of drug-likeness (QED) is 0.715. The Bertz CT molecular complexity index is 343. The number of rotatable bonds is 6. The molecule has 0 bridgehead atoms. The first-order valence-electron chi connectivity index (χ1n) is 6.16. The number of ether oxygens (including phenoxy) is 1. The lowest BCUT2D eigenvalue weighted by Gasteiger charge is -2.22. The summed E-state index contributed by atoms with van der Waals surface area (Å²) in [6.45, 7) is 6.93. The average molecular weight is 253 g/mol. The van der Waals surface area contributed by atoms with Crippen LogP contribution in [0.3, 0.4) is 0 Å². The van der Waals surface area contributed by atoms with Crippen LogP contribution in [0.4, 0.5) is 0 Å². The van der Waals surface area contributed by atoms with Crippen molar-refractivity contribution in [3.63, 3.8) is 0 Å². The van der Waals surface area contributed by atoms with Gasteiger partial charge in [-0.3, -0.25) is 0 Å². The molecule has 0 aliphatic rings. The number of β-amino-alcohol motifs (C(OH)–C–C–N with tert-alkyl or cyclic N) is 1. The predicted molar refractivity (Wildman–Crippen MR) is 71.6 cm³/mol. The van der Waals surface area contributed by atoms with Crippen molar-refractivity contribution in [3.05, 3.63) is 29.8 Å². The first kappa shape index (κ1) is 15.0. The monoisotopic (exact) mass is 253 g/mol. The average Bonchev–Trinajstić information content (AvgIpc) is 2.33. The Balaban J connectivity index is 2.31. The Morgan fingerprint density at radius 3 is 2.33 bits per heavy atom. The van der Waals surface area contributed by atoms with Gasteiger partial charge in [-0.1, -0.05) is 12.1 Å². The van der Waals surface area contributed by atoms with Gasteiger partial charge in [0, 0.05) is 12.1 Å². The van der Waals surface area contributed by atoms with Crippen molar-refractivity contribution in [1.82, 2.24) is 5.32 Å². The van der Waals surface area contributed by atoms with E-state index in [0.717, 1.165) is 5.56 Å². The van der Waals surface area contributed by atoms with E-state index in [0.29, 0.717) is 12.3 Å². The van der Waals surface area contributed by atoms with Crippen molar-refractivity contribution in [1.29, 1.82) is 0 Å². The smallest absolute Gasteiger partial charge is 0.119 e. The third kappa shape index (κ3) is 6.00. The van der Waals surface area contributed by atoms with Crippen LogP contribution in [0.15, 0.2) is 24.3 Å². The molecule has 0 heterocycles. The zero-order valence-corrected chi connectivity index (χ0v) is 11.3. The lowest BCUT2D eigenvalue weighted by atomic mass is 10.1. The molecule has 0 aliphatic carbocycles. The Morgan fingerprint density at radius 2 is 1.83 bits per heavy atom. The highest BCUT2D eigenvalue weighted by atomic mass is 16.5. The van der Waals surface area contributed by atoms with Gasteiger partial charge < -0.3 is 20.3 Å². The van der Waals surface area contributed by atoms with E-state index in [1.807, 2.05) is 20.8 Å². The molecule has 0 saturated heterocycles. The van der Waals surface area contributed by atoms with Crippen LogP contribution >= 0.6 is 0 Å². The molecule has 4 heteroatoms. The second kappa shape index (κ2) is 6.73. The van der Waals surface area contributed by atoms with Gasteiger partial charge in [-0.05, 0) is 38.5 Å². The summed E-state index contributed by atoms with van der Waals surface area (Å²) < 4.78 is 5.46. The lowest BCUT2D eigenvalue weighted by molar-refractivity contribution is 0.100. The van der Waals surface area contributed by atoms with E-state index in [-0.39, 0.29) is 18.8 Å². The van der Waals surface area contributed by atoms with Crippen LogP contribution in [0.5, 0.6) is 5.75 Å². The molecule has 18 heavy (non-hydrogen) atoms. The van der Waals surface area contributed by atoms with E-state index >= 15 is 0 Å². The Kier molecular flexibility index (Phi) is 5.59. The highest BCUT2D eigenvalue weighted by Crippen LogP contribution is 2.12. The molecule has 0 amide bonds. The third-order valence-electron chi connectivity index (χ3n) is 2.42. The number of hydrogen-bond donors (Lipinski definition) is 3. The van der Waals surface area contributed by atoms with Gasteiger partial charge >= 0.3 is 0 Å². The normalized spacial score (nSPS) is 13.4. The largest absolute Gasteiger partial charge is 0.491 e. The van der Waals surface area contributed by atoms with E-state index in [1.165, 1.54) is 0 Å². The van der Waals surface area contributed by atoms with Gasteiger partial charge in [0.25, 0.3) is 0 Å². The second-order valence-corrected chi connectivity index (χ2v) is 5.40. The summed E-state index contributed by atoms with van der Waals surface area (Å²) in [6, 6.07) is 7.18. The van der Waals surface area contributed by atoms with Crippen LogP contribution < -0.4 is 10.1 Å². The number of nitrogens with one attached hydrogen (secondary N) is 1. The molecular formula is C14H23NO3. The number of hydrogen-bond acceptors (Lipinski definition) is 4. The van der Waals surface area contributed by atoms with Crippen molar-refractivity contribution in [2.45, 2.75) is 39.0 Å². The molecule has 102 valence electrons. The van der Waals surface area contributed by atoms with Gasteiger partial charge in [-0.25, -0.2) is 0 Å². The highest BCUT2D eigenvalue weighted by Gasteiger charge is 2.12. The molecule has 0 spiro atoms. The summed E-state index contributed by atoms with van der Waals surface area (Å²) in [7, 11) is 0. The highest BCUT2D eigenvalue weighted by molar-refractivity contribution is 5.26. The molecule has 3 N–H and O–H groups in total. The summed E-state index contributed by atoms with van der Waals surface area (Å²) in [5.74, 6) is 0.696. The van der Waals surface area contributed by atoms with E-state index in [4.69, 9.17) is 9.84 Å². The molecule has 1 atom stereocenters. The van der Waals surface area contributed by atoms with Gasteiger partial charge in [0.05, 0.1) is 6.61 Å². The van der Waals surface area contributed by atoms with Crippen LogP contribution in [0.1, 0.15) is 26.3 Å². The zero-order valence-electron chi connectivity index (χ0n) is 11.3. The molecule has 0 fully saturated rings. The van der Waals surface area contributed by atoms with E-state index in [2.05, 4.69) is 5.32 Å². The van der Waals surface area contributed by atoms with Crippen LogP contribution in [0.2, 0.25) is 0 Å². The minimum Gasteiger partial charge on any atom is -0.491 e. The molecule has 0 aromatic heterocycles. The fourth-order valence-electron chi connectivity index (χ4n) is 1.37. The fourth-order valence-corrected chi connectivity index (χ4v) is 1.37. The van der Waals surface area contributed by atoms with Crippen LogP contribution in [-0.2, 0) is 6.61 Å². The minimum absolute atomic E-state index is 0.0102. The maximum Gasteiger partial charge on any atom is 0.119 e. The fraction of sp³-hybridized carbons (Fsp3) is 0.571. The maximum absolute atomic E-state index is 9.75. The van der Waals surface area contributed by atoms with Crippen molar-refractivity contribution in [3.8, 4) is 5.75 Å². The number of aliphatic hydroxyl groups excluding tert-OH is 2. The van der Waals surface area contributed by atoms with Crippen molar-refractivity contribution < 1.29 is 14.9 Å². The van der Waals surface area contributed by atoms with Gasteiger partial charge in [-0.15, -0.1) is 0 Å². The second-order valence-electron chi connectivity index (χ2n) is 5.40. The Labute approximate surface area is 109 Å². The van der Waals surface area contributed by atoms with E-state index < -0.39 is 6.10 Å². The van der Waals surface area contributed by atoms with Crippen LogP contribution in [0.25, 0.3) is 0 Å². The molecule has 0 radical (unpaired) electrons. The SMILES string of the molecule is CC(C)(C)NCC(O)COc1ccc(CO)cc1. The molecule has 0 aliphatic heterocycles. The summed E-state index contributed by atoms with van der Waals surface area (Å²) in [5.41, 5.74) is 0.835. The Morgan fingerprint density at radius 1 is 1.22 bits per heavy atom. The van der Waals surface area contributed by atoms with Gasteiger partial charge in [0.2, 0.25) is 0 Å². The standard InChI is InChI=1S/C14H23NO3/c1-14(2,3)15-8-12(17)10-18-13-6-4-11(9-16)5-7-13/h4-7,12,15-17H,8-10H2,1-3H3. The number of aliphatic hydroxyl groups is 2. The molecule has 1 aromatic rings. The van der Waals surface area contributed by atoms with Crippen LogP contribution in [-0.4, -0.2) is 35.0 Å². The molecular weight excluding hydrogens is 230 g/mol. The summed E-state index contributed by atoms with van der Waals surface area (Å²) in [4.78, 5) is 0. The van der Waals surface area contributed by atoms with Crippen LogP contribution in [0, 0.1) is 0 Å². The zero-order chi connectivity index (χ0) is 13.6. The van der Waals surface area contributed by atoms with E-state index in [1.54, 1.807) is 24.3 Å². The summed E-state index contributed by atoms with van der Waals surface area (Å²) >= 11 is 0. The summed E-state index contributed by atoms with van der Waals surface area (Å²) in [6.07, 6.45) is -0.540.